The van der Waals surface area contributed by atoms with E-state index in [9.17, 15) is 53.4 Å². The maximum Gasteiger partial charge on any atom is 0.246 e. The van der Waals surface area contributed by atoms with Gasteiger partial charge in [-0.25, -0.2) is 4.98 Å². The van der Waals surface area contributed by atoms with Crippen molar-refractivity contribution >= 4 is 140 Å². The molecule has 9 rings (SSSR count). The average molecular weight is 1940 g/mol. The number of thioether (sulfide) groups is 1. The van der Waals surface area contributed by atoms with Crippen LogP contribution in [0.3, 0.4) is 0 Å². The van der Waals surface area contributed by atoms with Gasteiger partial charge in [0.1, 0.15) is 90.3 Å². The predicted octanol–water partition coefficient (Wildman–Crippen LogP) is -1.53. The fourth-order valence-electron chi connectivity index (χ4n) is 17.2. The van der Waals surface area contributed by atoms with Gasteiger partial charge < -0.3 is 125 Å². The van der Waals surface area contributed by atoms with Crippen molar-refractivity contribution in [1.29, 1.82) is 0 Å². The van der Waals surface area contributed by atoms with E-state index >= 15 is 43.2 Å². The first-order chi connectivity index (χ1) is 65.8. The molecule has 3 fully saturated rings. The van der Waals surface area contributed by atoms with Gasteiger partial charge in [-0.2, -0.15) is 0 Å². The Morgan fingerprint density at radius 1 is 0.536 bits per heavy atom. The van der Waals surface area contributed by atoms with Crippen molar-refractivity contribution in [2.24, 2.45) is 23.1 Å². The van der Waals surface area contributed by atoms with Crippen LogP contribution in [-0.2, 0) is 112 Å². The summed E-state index contributed by atoms with van der Waals surface area (Å²) in [5, 5.41) is 52.9. The van der Waals surface area contributed by atoms with Crippen LogP contribution in [0.15, 0.2) is 97.7 Å². The Morgan fingerprint density at radius 2 is 1.08 bits per heavy atom. The monoisotopic (exact) mass is 1940 g/mol. The highest BCUT2D eigenvalue weighted by molar-refractivity contribution is 8.00. The summed E-state index contributed by atoms with van der Waals surface area (Å²) in [5.74, 6) is -17.2. The normalized spacial score (nSPS) is 24.5. The second-order valence-corrected chi connectivity index (χ2v) is 36.9. The number of amides is 18. The number of benzene rings is 3. The maximum atomic E-state index is 15.9. The number of aromatic hydroxyl groups is 1. The van der Waals surface area contributed by atoms with E-state index in [0.29, 0.717) is 64.2 Å². The summed E-state index contributed by atoms with van der Waals surface area (Å²) in [4.78, 5) is 283. The van der Waals surface area contributed by atoms with Gasteiger partial charge in [-0.3, -0.25) is 86.3 Å². The highest BCUT2D eigenvalue weighted by Gasteiger charge is 2.47. The van der Waals surface area contributed by atoms with E-state index in [-0.39, 0.29) is 126 Å². The number of aromatic amines is 3. The number of phenols is 1. The van der Waals surface area contributed by atoms with Crippen LogP contribution < -0.4 is 75.7 Å². The van der Waals surface area contributed by atoms with Gasteiger partial charge in [-0.15, -0.1) is 11.8 Å². The number of hydrogen-bond donors (Lipinski definition) is 19. The lowest BCUT2D eigenvalue weighted by Crippen LogP contribution is -2.61. The zero-order valence-corrected chi connectivity index (χ0v) is 80.2. The molecular weight excluding hydrogens is 1800 g/mol. The third kappa shape index (κ3) is 30.5. The number of phenolic OH excluding ortho intramolecular Hbond substituents is 1. The number of nitrogens with zero attached hydrogens (tertiary/aromatic N) is 6. The summed E-state index contributed by atoms with van der Waals surface area (Å²) in [5.41, 5.74) is 20.5. The van der Waals surface area contributed by atoms with Crippen LogP contribution in [0.4, 0.5) is 0 Å². The van der Waals surface area contributed by atoms with Crippen molar-refractivity contribution in [3.63, 3.8) is 0 Å². The molecule has 0 spiro atoms. The van der Waals surface area contributed by atoms with Crippen LogP contribution in [0.1, 0.15) is 160 Å². The SMILES string of the molecule is CCCC[C@H]1C(=O)N(C)[C@@H](CCCC)C(=O)N[C@@H](CC(C)C)C(=O)N[C@H](C(=O)NCC(N)=O)CSCC(=O)N[C@@H](Cc2ccc(O)cc2)C(=O)N(C)[C@@H](C)C(=O)N[C@@H](CC(N)=O)C(=O)N2CCC[C@H]2C(=O)N[C@@H](Cc2c[nH]cn2)C(=O)N[C@@H](CCCCNC(C)=O)C(=O)N2C[C@H](O)C[C@H]2C(=O)N[C@@H](Cc2c[nH]c3ccccc23)C(=O)N[C@@H](CCN)C(=O)N[C@@H](Cc2c[nH]c3ccccc23)C(=O)N1C. The zero-order chi connectivity index (χ0) is 101. The molecule has 6 heterocycles. The van der Waals surface area contributed by atoms with Gasteiger partial charge in [0.05, 0.1) is 36.8 Å². The first-order valence-electron chi connectivity index (χ1n) is 46.8. The summed E-state index contributed by atoms with van der Waals surface area (Å²) >= 11 is 0.796. The number of H-pyrrole nitrogens is 3. The topological polar surface area (TPSA) is 635 Å². The number of carbonyl (C=O) groups excluding carboxylic acids is 18. The molecule has 750 valence electrons. The Balaban J connectivity index is 1.11. The first-order valence-corrected chi connectivity index (χ1v) is 48.0. The van der Waals surface area contributed by atoms with E-state index in [1.165, 1.54) is 81.6 Å². The van der Waals surface area contributed by atoms with Gasteiger partial charge in [0.25, 0.3) is 0 Å². The van der Waals surface area contributed by atoms with Crippen molar-refractivity contribution in [3.05, 3.63) is 120 Å². The minimum atomic E-state index is -1.79. The molecule has 138 heavy (non-hydrogen) atoms. The quantitative estimate of drug-likeness (QED) is 0.0248. The number of unbranched alkanes of at least 4 members (excludes halogenated alkanes) is 3. The van der Waals surface area contributed by atoms with Crippen molar-refractivity contribution in [3.8, 4) is 5.75 Å². The Kier molecular flexibility index (Phi) is 40.9. The van der Waals surface area contributed by atoms with Crippen molar-refractivity contribution < 1.29 is 96.5 Å². The molecule has 3 aromatic heterocycles. The molecule has 3 saturated heterocycles. The Labute approximate surface area is 803 Å². The van der Waals surface area contributed by atoms with Crippen LogP contribution in [0, 0.1) is 5.92 Å². The van der Waals surface area contributed by atoms with E-state index in [1.807, 2.05) is 13.8 Å². The number of rotatable bonds is 28. The van der Waals surface area contributed by atoms with Crippen molar-refractivity contribution in [1.82, 2.24) is 103 Å². The molecule has 18 amide bonds. The molecule has 0 aliphatic carbocycles. The number of hydrogen-bond acceptors (Lipinski definition) is 23. The molecule has 43 nitrogen and oxygen atoms in total. The van der Waals surface area contributed by atoms with E-state index < -0.39 is 229 Å². The van der Waals surface area contributed by atoms with E-state index in [2.05, 4.69) is 78.4 Å². The number of nitrogens with two attached hydrogens (primary N) is 3. The number of aromatic nitrogens is 4. The van der Waals surface area contributed by atoms with Gasteiger partial charge in [0.15, 0.2) is 0 Å². The molecule has 0 radical (unpaired) electrons. The Bertz CT molecular complexity index is 5280. The standard InChI is InChI=1S/C94H133N23O20S/c1-10-12-26-74-87(130)107-67(37-52(3)4)84(127)112-73(82(125)102-47-79(97)122)49-138-50-80(123)104-70(38-55-29-31-59(119)32-30-55)90(133)113(7)53(5)81(124)110-72(43-78(96)121)93(136)116-36-20-28-75(116)88(131)109-69(41-58-46-98-51-103-58)86(129)106-66(25-18-19-35-99-54(6)118)92(135)117-48-60(120)42-77(117)89(132)108-68(39-56-44-100-63-23-16-14-21-61(56)63)85(128)105-65(33-34-95)83(126)111-71(40-57-45-101-64-24-17-15-22-62(57)64)91(134)115(9)76(27-13-11-2)94(137)114(74)8/h14-17,21-24,29-32,44-46,51-53,60,65-77,100-101,119-120H,10-13,18-20,25-28,33-43,47-50,95H2,1-9H3,(H2,96,121)(H2,97,122)(H,98,103)(H,99,118)(H,102,125)(H,104,123)(H,105,128)(H,106,129)(H,107,130)(H,108,132)(H,109,131)(H,110,124)(H,111,126)(H,112,127)/t53-,60+,65-,66-,67-,68-,69-,70-,71-,72-,73-,74-,75-,76-,77-/m0/s1. The van der Waals surface area contributed by atoms with Gasteiger partial charge in [0.2, 0.25) is 106 Å². The molecule has 0 unspecified atom stereocenters. The van der Waals surface area contributed by atoms with Crippen LogP contribution in [0.5, 0.6) is 5.75 Å². The van der Waals surface area contributed by atoms with E-state index in [4.69, 9.17) is 17.2 Å². The Morgan fingerprint density at radius 3 is 1.68 bits per heavy atom. The minimum Gasteiger partial charge on any atom is -0.508 e. The van der Waals surface area contributed by atoms with Gasteiger partial charge >= 0.3 is 0 Å². The highest BCUT2D eigenvalue weighted by atomic mass is 32.2. The van der Waals surface area contributed by atoms with Crippen molar-refractivity contribution in [2.45, 2.75) is 254 Å². The minimum absolute atomic E-state index is 0.0323. The number of imidazole rings is 1. The van der Waals surface area contributed by atoms with Gasteiger partial charge in [-0.1, -0.05) is 102 Å². The molecule has 15 atom stereocenters. The van der Waals surface area contributed by atoms with Crippen LogP contribution in [0.25, 0.3) is 21.8 Å². The number of fused-ring (bicyclic) bond motifs is 4. The van der Waals surface area contributed by atoms with Crippen LogP contribution >= 0.6 is 11.8 Å². The molecule has 3 aliphatic rings. The summed E-state index contributed by atoms with van der Waals surface area (Å²) < 4.78 is 0. The second kappa shape index (κ2) is 52.1. The van der Waals surface area contributed by atoms with Crippen molar-refractivity contribution in [2.75, 3.05) is 65.4 Å². The number of para-hydroxylation sites is 2. The second-order valence-electron chi connectivity index (χ2n) is 35.9. The molecule has 6 aromatic rings. The molecular formula is C94H133N23O20S. The fraction of sp³-hybridized carbons (Fsp3) is 0.543. The number of carbonyl (C=O) groups is 18. The maximum absolute atomic E-state index is 15.9. The summed E-state index contributed by atoms with van der Waals surface area (Å²) in [6.45, 7) is 8.44. The molecule has 22 N–H and O–H groups in total. The van der Waals surface area contributed by atoms with E-state index in [0.717, 1.165) is 26.5 Å². The third-order valence-corrected chi connectivity index (χ3v) is 25.9. The molecule has 3 aliphatic heterocycles. The highest BCUT2D eigenvalue weighted by Crippen LogP contribution is 2.28. The lowest BCUT2D eigenvalue weighted by molar-refractivity contribution is -0.149. The smallest absolute Gasteiger partial charge is 0.246 e. The summed E-state index contributed by atoms with van der Waals surface area (Å²) in [6.07, 6.45) is 4.22. The lowest BCUT2D eigenvalue weighted by atomic mass is 9.99. The largest absolute Gasteiger partial charge is 0.508 e. The van der Waals surface area contributed by atoms with Gasteiger partial charge in [0, 0.05) is 126 Å². The number of aliphatic hydroxyl groups is 1. The summed E-state index contributed by atoms with van der Waals surface area (Å²) in [6, 6.07) is -1.41. The molecule has 44 heteroatoms. The van der Waals surface area contributed by atoms with Gasteiger partial charge in [-0.05, 0) is 118 Å². The number of aliphatic hydroxyl groups excluding tert-OH is 1. The zero-order valence-electron chi connectivity index (χ0n) is 79.4. The number of likely N-dealkylation sites (N-methyl/N-ethyl adjacent to an activating group) is 3. The third-order valence-electron chi connectivity index (χ3n) is 24.9. The number of primary amides is 2. The molecule has 0 bridgehead atoms. The Hall–Kier alpha value is -13.5. The average Bonchev–Trinajstić information content (AvgIpc) is 1.61. The van der Waals surface area contributed by atoms with Crippen LogP contribution in [-0.4, -0.2) is 317 Å². The predicted molar refractivity (Wildman–Crippen MR) is 510 cm³/mol. The molecule has 0 saturated carbocycles. The van der Waals surface area contributed by atoms with E-state index in [1.54, 1.807) is 74.8 Å². The fourth-order valence-corrected chi connectivity index (χ4v) is 18.1. The molecule has 3 aromatic carbocycles. The van der Waals surface area contributed by atoms with Crippen LogP contribution in [0.2, 0.25) is 0 Å². The number of nitrogens with one attached hydrogen (secondary N) is 14. The summed E-state index contributed by atoms with van der Waals surface area (Å²) in [7, 11) is 4.00. The lowest BCUT2D eigenvalue weighted by Gasteiger charge is -2.36. The first kappa shape index (κ1) is 108.